The average molecular weight is 441 g/mol. The van der Waals surface area contributed by atoms with Crippen LogP contribution in [0.4, 0.5) is 0 Å². The number of hydrogen-bond acceptors (Lipinski definition) is 0. The molecule has 0 amide bonds. The first-order valence-corrected chi connectivity index (χ1v) is 11.8. The highest BCUT2D eigenvalue weighted by Gasteiger charge is 2.19. The van der Waals surface area contributed by atoms with Gasteiger partial charge in [-0.25, -0.2) is 0 Å². The van der Waals surface area contributed by atoms with Crippen molar-refractivity contribution in [1.82, 2.24) is 0 Å². The van der Waals surface area contributed by atoms with Gasteiger partial charge in [-0.3, -0.25) is 0 Å². The fraction of sp³-hybridized carbons (Fsp3) is 0.118. The Balaban J connectivity index is 2.05. The van der Waals surface area contributed by atoms with Crippen LogP contribution in [-0.4, -0.2) is 0 Å². The van der Waals surface area contributed by atoms with E-state index in [1.165, 1.54) is 0 Å². The second-order valence-electron chi connectivity index (χ2n) is 9.01. The molecule has 5 aromatic carbocycles. The van der Waals surface area contributed by atoms with E-state index in [0.29, 0.717) is 12.1 Å². The molecule has 0 saturated carbocycles. The van der Waals surface area contributed by atoms with Gasteiger partial charge in [0.15, 0.2) is 0 Å². The van der Waals surface area contributed by atoms with Crippen LogP contribution in [0.3, 0.4) is 0 Å². The van der Waals surface area contributed by atoms with E-state index < -0.39 is 0 Å². The largest absolute Gasteiger partial charge is 0.0636 e. The smallest absolute Gasteiger partial charge is 0.0620 e. The third-order valence-corrected chi connectivity index (χ3v) is 6.66. The number of benzene rings is 5. The van der Waals surface area contributed by atoms with E-state index in [-0.39, 0.29) is 0 Å². The molecule has 0 fully saturated rings. The van der Waals surface area contributed by atoms with E-state index in [1.54, 1.807) is 0 Å². The molecule has 0 spiro atoms. The van der Waals surface area contributed by atoms with Crippen LogP contribution in [0.15, 0.2) is 109 Å². The summed E-state index contributed by atoms with van der Waals surface area (Å²) in [5.41, 5.74) is 11.7. The van der Waals surface area contributed by atoms with Crippen molar-refractivity contribution in [3.63, 3.8) is 0 Å². The molecule has 0 aliphatic carbocycles. The Labute approximate surface area is 206 Å². The molecule has 0 aromatic heterocycles. The Morgan fingerprint density at radius 3 is 0.735 bits per heavy atom. The molecule has 34 heavy (non-hydrogen) atoms. The molecule has 0 radical (unpaired) electrons. The maximum atomic E-state index is 9.75. The maximum absolute atomic E-state index is 9.75. The summed E-state index contributed by atoms with van der Waals surface area (Å²) in [6.45, 7) is 8.34. The topological polar surface area (TPSA) is 0 Å². The molecule has 0 heterocycles. The first-order chi connectivity index (χ1) is 17.4. The predicted octanol–water partition coefficient (Wildman–Crippen LogP) is 9.59. The van der Waals surface area contributed by atoms with Crippen LogP contribution in [0.1, 0.15) is 25.0 Å². The van der Waals surface area contributed by atoms with E-state index in [9.17, 15) is 2.74 Å². The molecular weight excluding hydrogens is 408 g/mol. The lowest BCUT2D eigenvalue weighted by atomic mass is 9.82. The minimum atomic E-state index is 0.464. The van der Waals surface area contributed by atoms with Crippen molar-refractivity contribution in [2.45, 2.75) is 27.7 Å². The number of rotatable bonds is 4. The highest BCUT2D eigenvalue weighted by molar-refractivity contribution is 5.97. The van der Waals surface area contributed by atoms with E-state index in [4.69, 9.17) is 0 Å². The van der Waals surface area contributed by atoms with Gasteiger partial charge in [-0.05, 0) is 107 Å². The molecule has 0 bridgehead atoms. The molecule has 0 N–H and O–H groups in total. The van der Waals surface area contributed by atoms with Gasteiger partial charge in [-0.15, -0.1) is 0 Å². The zero-order valence-corrected chi connectivity index (χ0v) is 20.2. The first-order valence-electron chi connectivity index (χ1n) is 12.8. The van der Waals surface area contributed by atoms with Crippen molar-refractivity contribution in [3.8, 4) is 44.5 Å². The van der Waals surface area contributed by atoms with Crippen LogP contribution in [0, 0.1) is 27.7 Å². The molecule has 0 saturated heterocycles. The quantitative estimate of drug-likeness (QED) is 0.261. The Hall–Kier alpha value is -3.90. The highest BCUT2D eigenvalue weighted by Crippen LogP contribution is 2.44. The minimum Gasteiger partial charge on any atom is -0.0620 e. The normalized spacial score (nSPS) is 11.8. The zero-order chi connectivity index (χ0) is 25.4. The summed E-state index contributed by atoms with van der Waals surface area (Å²) < 4.78 is 19.5. The van der Waals surface area contributed by atoms with Crippen LogP contribution in [0.25, 0.3) is 44.5 Å². The maximum Gasteiger partial charge on any atom is 0.0636 e. The Bertz CT molecular complexity index is 1360. The Morgan fingerprint density at radius 1 is 0.324 bits per heavy atom. The molecular formula is C34H30. The van der Waals surface area contributed by atoms with Crippen LogP contribution in [0.5, 0.6) is 0 Å². The zero-order valence-electron chi connectivity index (χ0n) is 22.2. The van der Waals surface area contributed by atoms with Gasteiger partial charge in [-0.1, -0.05) is 97.1 Å². The third-order valence-electron chi connectivity index (χ3n) is 6.66. The minimum absolute atomic E-state index is 0.464. The number of hydrogen-bond donors (Lipinski definition) is 0. The molecule has 0 unspecified atom stereocenters. The van der Waals surface area contributed by atoms with Crippen LogP contribution in [0.2, 0.25) is 0 Å². The second-order valence-corrected chi connectivity index (χ2v) is 9.01. The summed E-state index contributed by atoms with van der Waals surface area (Å²) in [5, 5.41) is 0. The monoisotopic (exact) mass is 440 g/mol. The van der Waals surface area contributed by atoms with Gasteiger partial charge in [0, 0.05) is 0 Å². The SMILES string of the molecule is [2H]c1c(-c2ccccc2C)c(-c2ccccc2C)c([2H])c(-c2ccccc2C)c1-c1ccccc1C. The summed E-state index contributed by atoms with van der Waals surface area (Å²) in [6.07, 6.45) is 0. The Kier molecular flexibility index (Phi) is 5.27. The van der Waals surface area contributed by atoms with Crippen LogP contribution >= 0.6 is 0 Å². The van der Waals surface area contributed by atoms with Crippen LogP contribution < -0.4 is 0 Å². The predicted molar refractivity (Wildman–Crippen MR) is 147 cm³/mol. The summed E-state index contributed by atoms with van der Waals surface area (Å²) >= 11 is 0. The fourth-order valence-corrected chi connectivity index (χ4v) is 4.72. The molecule has 166 valence electrons. The van der Waals surface area contributed by atoms with Crippen molar-refractivity contribution in [3.05, 3.63) is 131 Å². The van der Waals surface area contributed by atoms with Gasteiger partial charge in [0.2, 0.25) is 0 Å². The van der Waals surface area contributed by atoms with Crippen molar-refractivity contribution >= 4 is 0 Å². The lowest BCUT2D eigenvalue weighted by Crippen LogP contribution is -1.96. The van der Waals surface area contributed by atoms with Crippen molar-refractivity contribution in [1.29, 1.82) is 0 Å². The van der Waals surface area contributed by atoms with E-state index in [1.807, 2.05) is 48.5 Å². The van der Waals surface area contributed by atoms with Gasteiger partial charge < -0.3 is 0 Å². The average Bonchev–Trinajstić information content (AvgIpc) is 2.87. The lowest BCUT2D eigenvalue weighted by Gasteiger charge is -2.21. The van der Waals surface area contributed by atoms with Crippen molar-refractivity contribution in [2.75, 3.05) is 0 Å². The van der Waals surface area contributed by atoms with Gasteiger partial charge in [0.1, 0.15) is 0 Å². The van der Waals surface area contributed by atoms with Gasteiger partial charge in [-0.2, -0.15) is 0 Å². The molecule has 0 heteroatoms. The summed E-state index contributed by atoms with van der Waals surface area (Å²) in [6, 6.07) is 33.8. The molecule has 0 atom stereocenters. The molecule has 5 rings (SSSR count). The standard InChI is InChI=1S/C34H30/c1-23-13-5-9-17-27(23)31-21-33(29-19-11-7-15-25(29)3)34(30-20-12-8-16-26(30)4)22-32(31)28-18-10-6-14-24(28)2/h5-22H,1-4H3/i21D,22D. The highest BCUT2D eigenvalue weighted by atomic mass is 14.2. The van der Waals surface area contributed by atoms with Crippen molar-refractivity contribution < 1.29 is 2.74 Å². The van der Waals surface area contributed by atoms with Gasteiger partial charge in [0.25, 0.3) is 0 Å². The molecule has 0 nitrogen and oxygen atoms in total. The lowest BCUT2D eigenvalue weighted by molar-refractivity contribution is 1.41. The fourth-order valence-electron chi connectivity index (χ4n) is 4.72. The molecule has 0 aliphatic heterocycles. The van der Waals surface area contributed by atoms with E-state index >= 15 is 0 Å². The molecule has 0 aliphatic rings. The first kappa shape index (κ1) is 19.6. The summed E-state index contributed by atoms with van der Waals surface area (Å²) in [5.74, 6) is 0. The van der Waals surface area contributed by atoms with Crippen molar-refractivity contribution in [2.24, 2.45) is 0 Å². The third kappa shape index (κ3) is 3.97. The van der Waals surface area contributed by atoms with E-state index in [2.05, 4.69) is 76.2 Å². The van der Waals surface area contributed by atoms with Crippen LogP contribution in [-0.2, 0) is 0 Å². The number of aryl methyl sites for hydroxylation is 4. The van der Waals surface area contributed by atoms with Gasteiger partial charge >= 0.3 is 0 Å². The second kappa shape index (κ2) is 9.15. The Morgan fingerprint density at radius 2 is 0.529 bits per heavy atom. The summed E-state index contributed by atoms with van der Waals surface area (Å²) in [7, 11) is 0. The summed E-state index contributed by atoms with van der Waals surface area (Å²) in [4.78, 5) is 0. The van der Waals surface area contributed by atoms with Gasteiger partial charge in [0.05, 0.1) is 2.74 Å². The van der Waals surface area contributed by atoms with E-state index in [0.717, 1.165) is 66.8 Å². The molecule has 5 aromatic rings.